The van der Waals surface area contributed by atoms with E-state index in [4.69, 9.17) is 0 Å². The first-order valence-electron chi connectivity index (χ1n) is 8.39. The van der Waals surface area contributed by atoms with E-state index in [-0.39, 0.29) is 0 Å². The first kappa shape index (κ1) is 14.6. The van der Waals surface area contributed by atoms with Crippen LogP contribution >= 0.6 is 0 Å². The normalized spacial score (nSPS) is 18.8. The average Bonchev–Trinajstić information content (AvgIpc) is 2.71. The fourth-order valence-corrected chi connectivity index (χ4v) is 3.65. The minimum atomic E-state index is 0.587. The summed E-state index contributed by atoms with van der Waals surface area (Å²) in [6, 6.07) is 9.08. The number of nitrogens with zero attached hydrogens (tertiary/aromatic N) is 2. The standard InChI is InChI=1S/C18H27N3/c1-14(15-9-5-3-4-6-10-15)19-13-17-16-11-7-8-12-18(16)21(2)20-17/h7-8,11-12,14-15,19H,3-6,9-10,13H2,1-2H3/t14-/m1/s1. The quantitative estimate of drug-likeness (QED) is 0.860. The second-order valence-electron chi connectivity index (χ2n) is 6.51. The maximum absolute atomic E-state index is 4.68. The number of nitrogens with one attached hydrogen (secondary N) is 1. The number of rotatable bonds is 4. The van der Waals surface area contributed by atoms with Crippen LogP contribution in [-0.4, -0.2) is 15.8 Å². The van der Waals surface area contributed by atoms with Gasteiger partial charge in [0.1, 0.15) is 0 Å². The average molecular weight is 285 g/mol. The zero-order valence-electron chi connectivity index (χ0n) is 13.3. The Balaban J connectivity index is 1.65. The molecule has 1 atom stereocenters. The lowest BCUT2D eigenvalue weighted by atomic mass is 9.93. The largest absolute Gasteiger partial charge is 0.308 e. The van der Waals surface area contributed by atoms with Crippen molar-refractivity contribution in [1.82, 2.24) is 15.1 Å². The number of benzene rings is 1. The van der Waals surface area contributed by atoms with Gasteiger partial charge in [-0.2, -0.15) is 5.10 Å². The van der Waals surface area contributed by atoms with Crippen LogP contribution in [0.15, 0.2) is 24.3 Å². The zero-order valence-corrected chi connectivity index (χ0v) is 13.3. The molecule has 0 aliphatic heterocycles. The molecule has 1 aromatic carbocycles. The molecular formula is C18H27N3. The SMILES string of the molecule is C[C@@H](NCc1nn(C)c2ccccc12)C1CCCCCC1. The Hall–Kier alpha value is -1.35. The summed E-state index contributed by atoms with van der Waals surface area (Å²) in [5, 5.41) is 9.68. The maximum atomic E-state index is 4.68. The Labute approximate surface area is 127 Å². The van der Waals surface area contributed by atoms with Crippen LogP contribution in [0.3, 0.4) is 0 Å². The van der Waals surface area contributed by atoms with E-state index >= 15 is 0 Å². The highest BCUT2D eigenvalue weighted by Crippen LogP contribution is 2.26. The molecule has 1 aliphatic carbocycles. The summed E-state index contributed by atoms with van der Waals surface area (Å²) < 4.78 is 1.99. The molecule has 0 radical (unpaired) electrons. The van der Waals surface area contributed by atoms with Crippen LogP contribution in [0.4, 0.5) is 0 Å². The second-order valence-corrected chi connectivity index (χ2v) is 6.51. The van der Waals surface area contributed by atoms with Gasteiger partial charge in [-0.15, -0.1) is 0 Å². The van der Waals surface area contributed by atoms with Gasteiger partial charge >= 0.3 is 0 Å². The fraction of sp³-hybridized carbons (Fsp3) is 0.611. The number of fused-ring (bicyclic) bond motifs is 1. The minimum Gasteiger partial charge on any atom is -0.308 e. The lowest BCUT2D eigenvalue weighted by molar-refractivity contribution is 0.335. The van der Waals surface area contributed by atoms with E-state index in [0.717, 1.165) is 12.5 Å². The molecule has 2 aromatic rings. The van der Waals surface area contributed by atoms with Crippen LogP contribution in [0, 0.1) is 5.92 Å². The number of aryl methyl sites for hydroxylation is 1. The molecule has 0 unspecified atom stereocenters. The topological polar surface area (TPSA) is 29.9 Å². The molecule has 3 nitrogen and oxygen atoms in total. The first-order chi connectivity index (χ1) is 10.3. The van der Waals surface area contributed by atoms with Crippen molar-refractivity contribution in [2.75, 3.05) is 0 Å². The molecule has 1 heterocycles. The van der Waals surface area contributed by atoms with Gasteiger partial charge in [0.2, 0.25) is 0 Å². The third kappa shape index (κ3) is 3.29. The number of para-hydroxylation sites is 1. The Bertz CT molecular complexity index is 579. The summed E-state index contributed by atoms with van der Waals surface area (Å²) in [7, 11) is 2.03. The van der Waals surface area contributed by atoms with E-state index in [1.54, 1.807) is 0 Å². The summed E-state index contributed by atoms with van der Waals surface area (Å²) in [5.74, 6) is 0.836. The molecule has 1 N–H and O–H groups in total. The molecule has 3 rings (SSSR count). The van der Waals surface area contributed by atoms with Crippen LogP contribution in [0.1, 0.15) is 51.1 Å². The van der Waals surface area contributed by atoms with Crippen LogP contribution in [-0.2, 0) is 13.6 Å². The molecule has 3 heteroatoms. The Morgan fingerprint density at radius 2 is 1.90 bits per heavy atom. The molecular weight excluding hydrogens is 258 g/mol. The number of aromatic nitrogens is 2. The van der Waals surface area contributed by atoms with Crippen molar-refractivity contribution >= 4 is 10.9 Å². The zero-order chi connectivity index (χ0) is 14.7. The summed E-state index contributed by atoms with van der Waals surface area (Å²) in [6.07, 6.45) is 8.43. The van der Waals surface area contributed by atoms with Gasteiger partial charge in [-0.25, -0.2) is 0 Å². The van der Waals surface area contributed by atoms with E-state index < -0.39 is 0 Å². The summed E-state index contributed by atoms with van der Waals surface area (Å²) in [5.41, 5.74) is 2.39. The molecule has 1 aliphatic rings. The lowest BCUT2D eigenvalue weighted by Crippen LogP contribution is -2.33. The van der Waals surface area contributed by atoms with Gasteiger partial charge in [-0.1, -0.05) is 43.9 Å². The maximum Gasteiger partial charge on any atom is 0.0841 e. The molecule has 0 bridgehead atoms. The van der Waals surface area contributed by atoms with Crippen LogP contribution in [0.2, 0.25) is 0 Å². The minimum absolute atomic E-state index is 0.587. The van der Waals surface area contributed by atoms with Gasteiger partial charge in [0.25, 0.3) is 0 Å². The van der Waals surface area contributed by atoms with E-state index in [2.05, 4.69) is 41.6 Å². The number of hydrogen-bond acceptors (Lipinski definition) is 2. The molecule has 0 spiro atoms. The highest BCUT2D eigenvalue weighted by molar-refractivity contribution is 5.81. The van der Waals surface area contributed by atoms with Crippen LogP contribution in [0.5, 0.6) is 0 Å². The fourth-order valence-electron chi connectivity index (χ4n) is 3.65. The van der Waals surface area contributed by atoms with Crippen molar-refractivity contribution < 1.29 is 0 Å². The smallest absolute Gasteiger partial charge is 0.0841 e. The van der Waals surface area contributed by atoms with Gasteiger partial charge < -0.3 is 5.32 Å². The van der Waals surface area contributed by atoms with Gasteiger partial charge in [-0.3, -0.25) is 4.68 Å². The van der Waals surface area contributed by atoms with Crippen molar-refractivity contribution in [3.05, 3.63) is 30.0 Å². The third-order valence-electron chi connectivity index (χ3n) is 5.03. The van der Waals surface area contributed by atoms with E-state index in [9.17, 15) is 0 Å². The molecule has 1 aromatic heterocycles. The molecule has 1 fully saturated rings. The van der Waals surface area contributed by atoms with E-state index in [0.29, 0.717) is 6.04 Å². The second kappa shape index (κ2) is 6.61. The van der Waals surface area contributed by atoms with Gasteiger partial charge in [0.15, 0.2) is 0 Å². The van der Waals surface area contributed by atoms with Crippen molar-refractivity contribution in [1.29, 1.82) is 0 Å². The molecule has 1 saturated carbocycles. The molecule has 0 amide bonds. The highest BCUT2D eigenvalue weighted by Gasteiger charge is 2.19. The third-order valence-corrected chi connectivity index (χ3v) is 5.03. The Morgan fingerprint density at radius 1 is 1.19 bits per heavy atom. The first-order valence-corrected chi connectivity index (χ1v) is 8.39. The monoisotopic (exact) mass is 285 g/mol. The van der Waals surface area contributed by atoms with Crippen molar-refractivity contribution in [2.45, 2.75) is 58.0 Å². The molecule has 114 valence electrons. The van der Waals surface area contributed by atoms with E-state index in [1.807, 2.05) is 11.7 Å². The summed E-state index contributed by atoms with van der Waals surface area (Å²) in [6.45, 7) is 3.22. The van der Waals surface area contributed by atoms with E-state index in [1.165, 1.54) is 55.1 Å². The predicted molar refractivity (Wildman–Crippen MR) is 88.2 cm³/mol. The lowest BCUT2D eigenvalue weighted by Gasteiger charge is -2.23. The van der Waals surface area contributed by atoms with Gasteiger partial charge in [-0.05, 0) is 31.7 Å². The molecule has 0 saturated heterocycles. The predicted octanol–water partition coefficient (Wildman–Crippen LogP) is 4.02. The van der Waals surface area contributed by atoms with Crippen molar-refractivity contribution in [3.8, 4) is 0 Å². The van der Waals surface area contributed by atoms with Gasteiger partial charge in [0, 0.05) is 25.0 Å². The molecule has 21 heavy (non-hydrogen) atoms. The highest BCUT2D eigenvalue weighted by atomic mass is 15.3. The van der Waals surface area contributed by atoms with Crippen LogP contribution < -0.4 is 5.32 Å². The Morgan fingerprint density at radius 3 is 2.67 bits per heavy atom. The van der Waals surface area contributed by atoms with Gasteiger partial charge in [0.05, 0.1) is 11.2 Å². The van der Waals surface area contributed by atoms with Crippen molar-refractivity contribution in [3.63, 3.8) is 0 Å². The summed E-state index contributed by atoms with van der Waals surface area (Å²) >= 11 is 0. The van der Waals surface area contributed by atoms with Crippen molar-refractivity contribution in [2.24, 2.45) is 13.0 Å². The number of hydrogen-bond donors (Lipinski definition) is 1. The summed E-state index contributed by atoms with van der Waals surface area (Å²) in [4.78, 5) is 0. The Kier molecular flexibility index (Phi) is 4.59. The van der Waals surface area contributed by atoms with Crippen LogP contribution in [0.25, 0.3) is 10.9 Å².